The molecule has 2 aromatic rings. The van der Waals surface area contributed by atoms with E-state index in [4.69, 9.17) is 0 Å². The van der Waals surface area contributed by atoms with Gasteiger partial charge in [0.2, 0.25) is 0 Å². The summed E-state index contributed by atoms with van der Waals surface area (Å²) in [7, 11) is 0. The molecule has 4 heteroatoms. The summed E-state index contributed by atoms with van der Waals surface area (Å²) >= 11 is 0. The molecule has 23 heavy (non-hydrogen) atoms. The third kappa shape index (κ3) is 3.42. The number of pyridine rings is 1. The lowest BCUT2D eigenvalue weighted by atomic mass is 9.90. The molecule has 2 unspecified atom stereocenters. The molecule has 0 radical (unpaired) electrons. The van der Waals surface area contributed by atoms with E-state index in [1.54, 1.807) is 0 Å². The van der Waals surface area contributed by atoms with Crippen LogP contribution < -0.4 is 0 Å². The third-order valence-corrected chi connectivity index (χ3v) is 4.64. The number of likely N-dealkylation sites (tertiary alicyclic amines) is 1. The maximum atomic E-state index is 11.4. The molecule has 0 bridgehead atoms. The van der Waals surface area contributed by atoms with E-state index in [-0.39, 0.29) is 12.0 Å². The number of hydrogen-bond acceptors (Lipinski definition) is 3. The van der Waals surface area contributed by atoms with Crippen LogP contribution in [-0.4, -0.2) is 34.0 Å². The molecule has 2 atom stereocenters. The van der Waals surface area contributed by atoms with Gasteiger partial charge in [0.15, 0.2) is 0 Å². The fourth-order valence-corrected chi connectivity index (χ4v) is 3.46. The highest BCUT2D eigenvalue weighted by molar-refractivity contribution is 5.70. The minimum Gasteiger partial charge on any atom is -0.481 e. The molecule has 1 aliphatic heterocycles. The zero-order valence-electron chi connectivity index (χ0n) is 13.4. The van der Waals surface area contributed by atoms with Gasteiger partial charge in [-0.3, -0.25) is 14.7 Å². The first-order valence-electron chi connectivity index (χ1n) is 8.09. The molecule has 1 aromatic carbocycles. The normalized spacial score (nSPS) is 20.1. The molecule has 1 N–H and O–H groups in total. The molecule has 4 nitrogen and oxygen atoms in total. The van der Waals surface area contributed by atoms with Crippen molar-refractivity contribution in [2.75, 3.05) is 13.1 Å². The van der Waals surface area contributed by atoms with Gasteiger partial charge in [0, 0.05) is 18.9 Å². The first-order valence-corrected chi connectivity index (χ1v) is 8.09. The molecule has 1 aliphatic rings. The minimum absolute atomic E-state index is 0.0846. The number of aliphatic carboxylic acids is 1. The van der Waals surface area contributed by atoms with Crippen LogP contribution in [0.1, 0.15) is 35.6 Å². The van der Waals surface area contributed by atoms with E-state index in [0.717, 1.165) is 24.9 Å². The summed E-state index contributed by atoms with van der Waals surface area (Å²) < 4.78 is 0. The number of carbonyl (C=O) groups is 1. The van der Waals surface area contributed by atoms with Crippen LogP contribution in [-0.2, 0) is 4.79 Å². The van der Waals surface area contributed by atoms with Crippen molar-refractivity contribution in [2.45, 2.75) is 25.8 Å². The van der Waals surface area contributed by atoms with Crippen molar-refractivity contribution in [3.63, 3.8) is 0 Å². The predicted octanol–water partition coefficient (Wildman–Crippen LogP) is 3.28. The standard InChI is InChI=1S/C19H22N2O2/c1-14-12-20-10-9-17(14)18(15-6-3-2-4-7-15)21-11-5-8-16(13-21)19(22)23/h2-4,6-7,9-10,12,16,18H,5,8,11,13H2,1H3,(H,22,23). The largest absolute Gasteiger partial charge is 0.481 e. The Bertz CT molecular complexity index is 672. The molecule has 0 spiro atoms. The Morgan fingerprint density at radius 3 is 2.78 bits per heavy atom. The summed E-state index contributed by atoms with van der Waals surface area (Å²) in [6.45, 7) is 3.58. The number of aryl methyl sites for hydroxylation is 1. The number of carboxylic acids is 1. The van der Waals surface area contributed by atoms with E-state index in [1.807, 2.05) is 30.6 Å². The number of nitrogens with zero attached hydrogens (tertiary/aromatic N) is 2. The van der Waals surface area contributed by atoms with Crippen LogP contribution in [0.4, 0.5) is 0 Å². The van der Waals surface area contributed by atoms with Gasteiger partial charge >= 0.3 is 5.97 Å². The first-order chi connectivity index (χ1) is 11.2. The smallest absolute Gasteiger partial charge is 0.307 e. The van der Waals surface area contributed by atoms with Crippen molar-refractivity contribution in [2.24, 2.45) is 5.92 Å². The van der Waals surface area contributed by atoms with Crippen molar-refractivity contribution >= 4 is 5.97 Å². The Morgan fingerprint density at radius 1 is 1.30 bits per heavy atom. The van der Waals surface area contributed by atoms with Crippen molar-refractivity contribution < 1.29 is 9.90 Å². The molecule has 2 heterocycles. The van der Waals surface area contributed by atoms with Crippen molar-refractivity contribution in [3.8, 4) is 0 Å². The Balaban J connectivity index is 1.99. The van der Waals surface area contributed by atoms with Gasteiger partial charge in [-0.1, -0.05) is 30.3 Å². The highest BCUT2D eigenvalue weighted by Gasteiger charge is 2.31. The summed E-state index contributed by atoms with van der Waals surface area (Å²) in [4.78, 5) is 17.9. The molecular weight excluding hydrogens is 288 g/mol. The maximum Gasteiger partial charge on any atom is 0.307 e. The average Bonchev–Trinajstić information content (AvgIpc) is 2.58. The lowest BCUT2D eigenvalue weighted by Crippen LogP contribution is -2.41. The summed E-state index contributed by atoms with van der Waals surface area (Å²) in [5.41, 5.74) is 3.55. The number of benzene rings is 1. The van der Waals surface area contributed by atoms with Gasteiger partial charge in [-0.2, -0.15) is 0 Å². The zero-order chi connectivity index (χ0) is 16.2. The van der Waals surface area contributed by atoms with E-state index < -0.39 is 5.97 Å². The molecule has 1 saturated heterocycles. The Hall–Kier alpha value is -2.20. The highest BCUT2D eigenvalue weighted by Crippen LogP contribution is 2.33. The van der Waals surface area contributed by atoms with Crippen molar-refractivity contribution in [1.29, 1.82) is 0 Å². The van der Waals surface area contributed by atoms with Gasteiger partial charge in [0.1, 0.15) is 0 Å². The maximum absolute atomic E-state index is 11.4. The third-order valence-electron chi connectivity index (χ3n) is 4.64. The molecular formula is C19H22N2O2. The van der Waals surface area contributed by atoms with Crippen LogP contribution in [0.25, 0.3) is 0 Å². The number of hydrogen-bond donors (Lipinski definition) is 1. The second-order valence-corrected chi connectivity index (χ2v) is 6.22. The Kier molecular flexibility index (Phi) is 4.72. The van der Waals surface area contributed by atoms with E-state index >= 15 is 0 Å². The molecule has 0 aliphatic carbocycles. The fourth-order valence-electron chi connectivity index (χ4n) is 3.46. The van der Waals surface area contributed by atoms with Gasteiger partial charge in [0.05, 0.1) is 12.0 Å². The lowest BCUT2D eigenvalue weighted by Gasteiger charge is -2.38. The van der Waals surface area contributed by atoms with Crippen LogP contribution in [0, 0.1) is 12.8 Å². The van der Waals surface area contributed by atoms with Crippen molar-refractivity contribution in [3.05, 3.63) is 65.5 Å². The SMILES string of the molecule is Cc1cnccc1C(c1ccccc1)N1CCCC(C(=O)O)C1. The Morgan fingerprint density at radius 2 is 2.09 bits per heavy atom. The number of rotatable bonds is 4. The molecule has 1 aromatic heterocycles. The number of piperidine rings is 1. The van der Waals surface area contributed by atoms with E-state index in [0.29, 0.717) is 6.54 Å². The van der Waals surface area contributed by atoms with Crippen molar-refractivity contribution in [1.82, 2.24) is 9.88 Å². The Labute approximate surface area is 136 Å². The van der Waals surface area contributed by atoms with E-state index in [2.05, 4.69) is 35.0 Å². The summed E-state index contributed by atoms with van der Waals surface area (Å²) in [6, 6.07) is 12.5. The molecule has 1 fully saturated rings. The zero-order valence-corrected chi connectivity index (χ0v) is 13.4. The predicted molar refractivity (Wildman–Crippen MR) is 89.2 cm³/mol. The minimum atomic E-state index is -0.687. The van der Waals surface area contributed by atoms with Gasteiger partial charge < -0.3 is 5.11 Å². The van der Waals surface area contributed by atoms with Crippen LogP contribution >= 0.6 is 0 Å². The highest BCUT2D eigenvalue weighted by atomic mass is 16.4. The molecule has 0 saturated carbocycles. The van der Waals surface area contributed by atoms with Gasteiger partial charge in [-0.25, -0.2) is 0 Å². The van der Waals surface area contributed by atoms with Gasteiger partial charge in [-0.05, 0) is 49.1 Å². The molecule has 3 rings (SSSR count). The topological polar surface area (TPSA) is 53.4 Å². The fraction of sp³-hybridized carbons (Fsp3) is 0.368. The quantitative estimate of drug-likeness (QED) is 0.941. The molecule has 0 amide bonds. The number of carboxylic acid groups (broad SMARTS) is 1. The molecule has 120 valence electrons. The van der Waals surface area contributed by atoms with Crippen LogP contribution in [0.5, 0.6) is 0 Å². The van der Waals surface area contributed by atoms with Gasteiger partial charge in [0.25, 0.3) is 0 Å². The summed E-state index contributed by atoms with van der Waals surface area (Å²) in [5.74, 6) is -0.968. The van der Waals surface area contributed by atoms with Crippen LogP contribution in [0.15, 0.2) is 48.8 Å². The summed E-state index contributed by atoms with van der Waals surface area (Å²) in [5, 5.41) is 9.40. The van der Waals surface area contributed by atoms with Crippen LogP contribution in [0.2, 0.25) is 0 Å². The monoisotopic (exact) mass is 310 g/mol. The van der Waals surface area contributed by atoms with E-state index in [1.165, 1.54) is 11.1 Å². The van der Waals surface area contributed by atoms with E-state index in [9.17, 15) is 9.90 Å². The van der Waals surface area contributed by atoms with Gasteiger partial charge in [-0.15, -0.1) is 0 Å². The second kappa shape index (κ2) is 6.92. The summed E-state index contributed by atoms with van der Waals surface area (Å²) in [6.07, 6.45) is 5.38. The second-order valence-electron chi connectivity index (χ2n) is 6.22. The lowest BCUT2D eigenvalue weighted by molar-refractivity contribution is -0.143. The number of aromatic nitrogens is 1. The first kappa shape index (κ1) is 15.7. The van der Waals surface area contributed by atoms with Crippen LogP contribution in [0.3, 0.4) is 0 Å². The average molecular weight is 310 g/mol.